The molecular weight excluding hydrogens is 298 g/mol. The fraction of sp³-hybridized carbons (Fsp3) is 0.375. The lowest BCUT2D eigenvalue weighted by molar-refractivity contribution is -0.137. The Kier molecular flexibility index (Phi) is 5.85. The minimum absolute atomic E-state index is 0.0401. The number of carboxylic acid groups (broad SMARTS) is 1. The van der Waals surface area contributed by atoms with E-state index in [0.717, 1.165) is 0 Å². The standard InChI is InChI=1S/C16H19N3O4/c20-14(17-9-3-8-15(21)22)7-4-10-19-11-18-13-6-2-1-5-12(13)16(19)23/h1-2,5-6,11H,3-4,7-10H2,(H,17,20)(H,21,22). The van der Waals surface area contributed by atoms with Gasteiger partial charge in [0.05, 0.1) is 17.2 Å². The number of carboxylic acids is 1. The molecule has 0 spiro atoms. The third-order valence-electron chi connectivity index (χ3n) is 3.42. The zero-order valence-corrected chi connectivity index (χ0v) is 12.7. The number of hydrogen-bond acceptors (Lipinski definition) is 4. The first-order chi connectivity index (χ1) is 11.1. The molecule has 0 fully saturated rings. The number of rotatable bonds is 8. The van der Waals surface area contributed by atoms with Gasteiger partial charge in [-0.25, -0.2) is 4.98 Å². The summed E-state index contributed by atoms with van der Waals surface area (Å²) in [6.45, 7) is 0.766. The molecule has 0 radical (unpaired) electrons. The van der Waals surface area contributed by atoms with Crippen LogP contribution in [0.1, 0.15) is 25.7 Å². The number of para-hydroxylation sites is 1. The second-order valence-electron chi connectivity index (χ2n) is 5.21. The Morgan fingerprint density at radius 3 is 2.74 bits per heavy atom. The van der Waals surface area contributed by atoms with Crippen molar-refractivity contribution < 1.29 is 14.7 Å². The fourth-order valence-electron chi connectivity index (χ4n) is 2.23. The van der Waals surface area contributed by atoms with Crippen LogP contribution in [0.25, 0.3) is 10.9 Å². The SMILES string of the molecule is O=C(O)CCCNC(=O)CCCn1cnc2ccccc2c1=O. The van der Waals surface area contributed by atoms with E-state index in [1.807, 2.05) is 6.07 Å². The number of hydrogen-bond donors (Lipinski definition) is 2. The van der Waals surface area contributed by atoms with Gasteiger partial charge in [0.1, 0.15) is 0 Å². The first kappa shape index (κ1) is 16.7. The molecule has 0 saturated heterocycles. The van der Waals surface area contributed by atoms with Gasteiger partial charge in [-0.1, -0.05) is 12.1 Å². The Morgan fingerprint density at radius 1 is 1.17 bits per heavy atom. The summed E-state index contributed by atoms with van der Waals surface area (Å²) in [7, 11) is 0. The number of amides is 1. The first-order valence-electron chi connectivity index (χ1n) is 7.50. The molecular formula is C16H19N3O4. The summed E-state index contributed by atoms with van der Waals surface area (Å²) in [5.41, 5.74) is 0.544. The first-order valence-corrected chi connectivity index (χ1v) is 7.50. The Balaban J connectivity index is 1.80. The van der Waals surface area contributed by atoms with Gasteiger partial charge in [-0.05, 0) is 25.0 Å². The molecule has 7 nitrogen and oxygen atoms in total. The van der Waals surface area contributed by atoms with Gasteiger partial charge in [-0.2, -0.15) is 0 Å². The number of aliphatic carboxylic acids is 1. The second kappa shape index (κ2) is 8.07. The van der Waals surface area contributed by atoms with Gasteiger partial charge < -0.3 is 10.4 Å². The van der Waals surface area contributed by atoms with E-state index in [-0.39, 0.29) is 24.3 Å². The lowest BCUT2D eigenvalue weighted by Gasteiger charge is -2.07. The van der Waals surface area contributed by atoms with Crippen LogP contribution in [-0.4, -0.2) is 33.1 Å². The maximum Gasteiger partial charge on any atom is 0.303 e. The van der Waals surface area contributed by atoms with Crippen LogP contribution in [-0.2, 0) is 16.1 Å². The maximum absolute atomic E-state index is 12.2. The molecule has 0 saturated carbocycles. The number of carbonyl (C=O) groups is 2. The third kappa shape index (κ3) is 4.91. The molecule has 0 bridgehead atoms. The quantitative estimate of drug-likeness (QED) is 0.711. The summed E-state index contributed by atoms with van der Waals surface area (Å²) < 4.78 is 1.50. The van der Waals surface area contributed by atoms with Crippen LogP contribution in [0.5, 0.6) is 0 Å². The summed E-state index contributed by atoms with van der Waals surface area (Å²) >= 11 is 0. The number of fused-ring (bicyclic) bond motifs is 1. The summed E-state index contributed by atoms with van der Waals surface area (Å²) in [6, 6.07) is 7.14. The van der Waals surface area contributed by atoms with Crippen molar-refractivity contribution >= 4 is 22.8 Å². The largest absolute Gasteiger partial charge is 0.481 e. The van der Waals surface area contributed by atoms with E-state index in [9.17, 15) is 14.4 Å². The molecule has 0 aliphatic carbocycles. The molecule has 2 aromatic rings. The highest BCUT2D eigenvalue weighted by molar-refractivity contribution is 5.77. The van der Waals surface area contributed by atoms with E-state index in [0.29, 0.717) is 36.8 Å². The molecule has 23 heavy (non-hydrogen) atoms. The van der Waals surface area contributed by atoms with Crippen LogP contribution < -0.4 is 10.9 Å². The monoisotopic (exact) mass is 317 g/mol. The number of carbonyl (C=O) groups excluding carboxylic acids is 1. The minimum atomic E-state index is -0.873. The van der Waals surface area contributed by atoms with Gasteiger partial charge in [0.2, 0.25) is 5.91 Å². The van der Waals surface area contributed by atoms with Crippen molar-refractivity contribution in [3.05, 3.63) is 40.9 Å². The third-order valence-corrected chi connectivity index (χ3v) is 3.42. The van der Waals surface area contributed by atoms with Crippen molar-refractivity contribution in [2.45, 2.75) is 32.2 Å². The van der Waals surface area contributed by atoms with Gasteiger partial charge in [0.25, 0.3) is 5.56 Å². The molecule has 1 aromatic heterocycles. The molecule has 0 unspecified atom stereocenters. The Morgan fingerprint density at radius 2 is 1.96 bits per heavy atom. The van der Waals surface area contributed by atoms with Crippen LogP contribution in [0.3, 0.4) is 0 Å². The van der Waals surface area contributed by atoms with Gasteiger partial charge >= 0.3 is 5.97 Å². The molecule has 2 N–H and O–H groups in total. The lowest BCUT2D eigenvalue weighted by Crippen LogP contribution is -2.26. The van der Waals surface area contributed by atoms with Crippen LogP contribution >= 0.6 is 0 Å². The molecule has 0 aliphatic rings. The smallest absolute Gasteiger partial charge is 0.303 e. The van der Waals surface area contributed by atoms with Crippen molar-refractivity contribution in [1.29, 1.82) is 0 Å². The predicted octanol–water partition coefficient (Wildman–Crippen LogP) is 1.16. The van der Waals surface area contributed by atoms with Crippen molar-refractivity contribution in [2.24, 2.45) is 0 Å². The molecule has 0 aliphatic heterocycles. The van der Waals surface area contributed by atoms with Crippen LogP contribution in [0, 0.1) is 0 Å². The highest BCUT2D eigenvalue weighted by Crippen LogP contribution is 2.05. The normalized spacial score (nSPS) is 10.6. The number of aryl methyl sites for hydroxylation is 1. The van der Waals surface area contributed by atoms with Gasteiger partial charge in [0, 0.05) is 25.9 Å². The highest BCUT2D eigenvalue weighted by atomic mass is 16.4. The summed E-state index contributed by atoms with van der Waals surface area (Å²) in [5, 5.41) is 11.7. The van der Waals surface area contributed by atoms with E-state index in [2.05, 4.69) is 10.3 Å². The summed E-state index contributed by atoms with van der Waals surface area (Å²) in [4.78, 5) is 38.4. The number of nitrogens with zero attached hydrogens (tertiary/aromatic N) is 2. The Hall–Kier alpha value is -2.70. The maximum atomic E-state index is 12.2. The molecule has 122 valence electrons. The second-order valence-corrected chi connectivity index (χ2v) is 5.21. The minimum Gasteiger partial charge on any atom is -0.481 e. The van der Waals surface area contributed by atoms with Gasteiger partial charge in [-0.3, -0.25) is 19.0 Å². The van der Waals surface area contributed by atoms with Crippen molar-refractivity contribution in [3.8, 4) is 0 Å². The molecule has 1 heterocycles. The predicted molar refractivity (Wildman–Crippen MR) is 85.1 cm³/mol. The van der Waals surface area contributed by atoms with Gasteiger partial charge in [-0.15, -0.1) is 0 Å². The van der Waals surface area contributed by atoms with Crippen molar-refractivity contribution in [1.82, 2.24) is 14.9 Å². The number of nitrogens with one attached hydrogen (secondary N) is 1. The summed E-state index contributed by atoms with van der Waals surface area (Å²) in [6.07, 6.45) is 2.75. The van der Waals surface area contributed by atoms with Crippen molar-refractivity contribution in [3.63, 3.8) is 0 Å². The Bertz CT molecular complexity index is 754. The topological polar surface area (TPSA) is 101 Å². The Labute approximate surface area is 133 Å². The molecule has 0 atom stereocenters. The molecule has 2 rings (SSSR count). The number of benzene rings is 1. The van der Waals surface area contributed by atoms with Crippen molar-refractivity contribution in [2.75, 3.05) is 6.54 Å². The zero-order valence-electron chi connectivity index (χ0n) is 12.7. The molecule has 1 amide bonds. The van der Waals surface area contributed by atoms with E-state index in [1.54, 1.807) is 18.2 Å². The van der Waals surface area contributed by atoms with E-state index in [4.69, 9.17) is 5.11 Å². The summed E-state index contributed by atoms with van der Waals surface area (Å²) in [5.74, 6) is -1.01. The number of aromatic nitrogens is 2. The zero-order chi connectivity index (χ0) is 16.7. The highest BCUT2D eigenvalue weighted by Gasteiger charge is 2.05. The molecule has 7 heteroatoms. The van der Waals surface area contributed by atoms with Crippen LogP contribution in [0.4, 0.5) is 0 Å². The van der Waals surface area contributed by atoms with Crippen LogP contribution in [0.15, 0.2) is 35.4 Å². The fourth-order valence-corrected chi connectivity index (χ4v) is 2.23. The lowest BCUT2D eigenvalue weighted by atomic mass is 10.2. The van der Waals surface area contributed by atoms with E-state index in [1.165, 1.54) is 10.9 Å². The van der Waals surface area contributed by atoms with Crippen LogP contribution in [0.2, 0.25) is 0 Å². The molecule has 1 aromatic carbocycles. The van der Waals surface area contributed by atoms with E-state index >= 15 is 0 Å². The average molecular weight is 317 g/mol. The van der Waals surface area contributed by atoms with Gasteiger partial charge in [0.15, 0.2) is 0 Å². The van der Waals surface area contributed by atoms with E-state index < -0.39 is 5.97 Å². The average Bonchev–Trinajstić information content (AvgIpc) is 2.54.